The van der Waals surface area contributed by atoms with Crippen LogP contribution in [0.3, 0.4) is 0 Å². The summed E-state index contributed by atoms with van der Waals surface area (Å²) in [6.45, 7) is 7.86. The molecule has 0 aliphatic heterocycles. The number of nitrogens with zero attached hydrogens (tertiary/aromatic N) is 1. The standard InChI is InChI=1S/C16H25NOS/c1-6-7-8-9-12(2)13(3)10-11-15(17-5)16(19)14(4)18/h6-7H,8-11H2,1-5H3/b7-6-,13-12+,17-15?. The molecule has 0 atom stereocenters. The van der Waals surface area contributed by atoms with Crippen LogP contribution in [0, 0.1) is 0 Å². The van der Waals surface area contributed by atoms with Crippen LogP contribution in [0.5, 0.6) is 0 Å². The highest BCUT2D eigenvalue weighted by Gasteiger charge is 2.11. The van der Waals surface area contributed by atoms with Crippen molar-refractivity contribution in [2.75, 3.05) is 7.05 Å². The first kappa shape index (κ1) is 17.9. The highest BCUT2D eigenvalue weighted by molar-refractivity contribution is 7.84. The Morgan fingerprint density at radius 1 is 1.11 bits per heavy atom. The van der Waals surface area contributed by atoms with Gasteiger partial charge in [-0.3, -0.25) is 9.79 Å². The fraction of sp³-hybridized carbons (Fsp3) is 0.562. The van der Waals surface area contributed by atoms with Crippen LogP contribution >= 0.6 is 12.2 Å². The van der Waals surface area contributed by atoms with Gasteiger partial charge in [-0.2, -0.15) is 0 Å². The lowest BCUT2D eigenvalue weighted by Crippen LogP contribution is -2.19. The first-order valence-electron chi connectivity index (χ1n) is 6.71. The second-order valence-corrected chi connectivity index (χ2v) is 5.13. The van der Waals surface area contributed by atoms with Gasteiger partial charge in [0.1, 0.15) is 4.86 Å². The van der Waals surface area contributed by atoms with Crippen molar-refractivity contribution in [1.29, 1.82) is 0 Å². The van der Waals surface area contributed by atoms with Gasteiger partial charge in [0.25, 0.3) is 0 Å². The smallest absolute Gasteiger partial charge is 0.172 e. The minimum absolute atomic E-state index is 0.0676. The highest BCUT2D eigenvalue weighted by Crippen LogP contribution is 2.16. The van der Waals surface area contributed by atoms with Crippen LogP contribution in [-0.2, 0) is 4.79 Å². The van der Waals surface area contributed by atoms with Crippen LogP contribution < -0.4 is 0 Å². The number of allylic oxidation sites excluding steroid dienone is 4. The quantitative estimate of drug-likeness (QED) is 0.372. The van der Waals surface area contributed by atoms with Gasteiger partial charge in [-0.15, -0.1) is 0 Å². The van der Waals surface area contributed by atoms with Crippen molar-refractivity contribution < 1.29 is 4.79 Å². The predicted octanol–water partition coefficient (Wildman–Crippen LogP) is 4.49. The zero-order chi connectivity index (χ0) is 14.8. The number of carbonyl (C=O) groups excluding carboxylic acids is 1. The van der Waals surface area contributed by atoms with E-state index in [1.165, 1.54) is 18.1 Å². The molecule has 0 aliphatic carbocycles. The van der Waals surface area contributed by atoms with Crippen molar-refractivity contribution >= 4 is 28.6 Å². The highest BCUT2D eigenvalue weighted by atomic mass is 32.1. The molecule has 0 rings (SSSR count). The molecule has 0 amide bonds. The van der Waals surface area contributed by atoms with Gasteiger partial charge in [0, 0.05) is 14.0 Å². The Morgan fingerprint density at radius 3 is 2.16 bits per heavy atom. The zero-order valence-corrected chi connectivity index (χ0v) is 13.6. The molecule has 0 aliphatic rings. The molecule has 0 bridgehead atoms. The monoisotopic (exact) mass is 279 g/mol. The largest absolute Gasteiger partial charge is 0.293 e. The fourth-order valence-corrected chi connectivity index (χ4v) is 1.92. The van der Waals surface area contributed by atoms with Crippen LogP contribution in [0.15, 0.2) is 28.3 Å². The van der Waals surface area contributed by atoms with Gasteiger partial charge in [-0.05, 0) is 46.5 Å². The predicted molar refractivity (Wildman–Crippen MR) is 88.3 cm³/mol. The lowest BCUT2D eigenvalue weighted by atomic mass is 9.99. The maximum atomic E-state index is 11.3. The fourth-order valence-electron chi connectivity index (χ4n) is 1.73. The molecule has 106 valence electrons. The molecule has 0 aromatic rings. The first-order chi connectivity index (χ1) is 8.93. The van der Waals surface area contributed by atoms with E-state index in [-0.39, 0.29) is 5.78 Å². The van der Waals surface area contributed by atoms with E-state index in [1.54, 1.807) is 7.05 Å². The van der Waals surface area contributed by atoms with Gasteiger partial charge in [0.15, 0.2) is 5.78 Å². The van der Waals surface area contributed by atoms with Crippen LogP contribution in [-0.4, -0.2) is 23.4 Å². The van der Waals surface area contributed by atoms with Gasteiger partial charge in [0.05, 0.1) is 5.71 Å². The van der Waals surface area contributed by atoms with Crippen molar-refractivity contribution in [3.05, 3.63) is 23.3 Å². The van der Waals surface area contributed by atoms with E-state index in [9.17, 15) is 4.79 Å². The minimum Gasteiger partial charge on any atom is -0.293 e. The molecule has 0 heterocycles. The number of hydrogen-bond donors (Lipinski definition) is 0. The number of Topliss-reactive ketones (excluding diaryl/α,β-unsaturated/α-hetero) is 1. The molecule has 0 radical (unpaired) electrons. The molecule has 3 heteroatoms. The Bertz CT molecular complexity index is 416. The third-order valence-corrected chi connectivity index (χ3v) is 3.76. The van der Waals surface area contributed by atoms with Crippen molar-refractivity contribution in [3.63, 3.8) is 0 Å². The van der Waals surface area contributed by atoms with E-state index in [0.29, 0.717) is 4.86 Å². The number of hydrogen-bond acceptors (Lipinski definition) is 3. The molecule has 0 spiro atoms. The van der Waals surface area contributed by atoms with Crippen molar-refractivity contribution in [2.45, 2.75) is 53.4 Å². The normalized spacial score (nSPS) is 13.6. The summed E-state index contributed by atoms with van der Waals surface area (Å²) in [5, 5.41) is 0. The summed E-state index contributed by atoms with van der Waals surface area (Å²) in [5.41, 5.74) is 3.54. The summed E-state index contributed by atoms with van der Waals surface area (Å²) in [4.78, 5) is 15.8. The van der Waals surface area contributed by atoms with Crippen LogP contribution in [0.2, 0.25) is 0 Å². The van der Waals surface area contributed by atoms with Gasteiger partial charge < -0.3 is 0 Å². The Kier molecular flexibility index (Phi) is 9.23. The Labute approximate surface area is 122 Å². The summed E-state index contributed by atoms with van der Waals surface area (Å²) in [7, 11) is 1.70. The zero-order valence-electron chi connectivity index (χ0n) is 12.7. The molecule has 0 N–H and O–H groups in total. The topological polar surface area (TPSA) is 29.4 Å². The third kappa shape index (κ3) is 7.16. The van der Waals surface area contributed by atoms with Crippen LogP contribution in [0.25, 0.3) is 0 Å². The lowest BCUT2D eigenvalue weighted by Gasteiger charge is -2.09. The maximum absolute atomic E-state index is 11.3. The molecular formula is C16H25NOS. The second kappa shape index (κ2) is 9.79. The third-order valence-electron chi connectivity index (χ3n) is 3.24. The maximum Gasteiger partial charge on any atom is 0.172 e. The summed E-state index contributed by atoms with van der Waals surface area (Å²) in [5.74, 6) is -0.0676. The molecule has 0 saturated carbocycles. The molecule has 0 aromatic heterocycles. The first-order valence-corrected chi connectivity index (χ1v) is 7.12. The van der Waals surface area contributed by atoms with Gasteiger partial charge in [-0.25, -0.2) is 0 Å². The second-order valence-electron chi connectivity index (χ2n) is 4.72. The van der Waals surface area contributed by atoms with E-state index < -0.39 is 0 Å². The molecule has 0 saturated heterocycles. The summed E-state index contributed by atoms with van der Waals surface area (Å²) < 4.78 is 0. The van der Waals surface area contributed by atoms with E-state index in [2.05, 4.69) is 31.0 Å². The molecular weight excluding hydrogens is 254 g/mol. The molecule has 0 aromatic carbocycles. The molecule has 0 unspecified atom stereocenters. The minimum atomic E-state index is -0.0676. The molecule has 2 nitrogen and oxygen atoms in total. The number of ketones is 1. The van der Waals surface area contributed by atoms with Gasteiger partial charge in [-0.1, -0.05) is 35.5 Å². The summed E-state index contributed by atoms with van der Waals surface area (Å²) in [6, 6.07) is 0. The van der Waals surface area contributed by atoms with Crippen molar-refractivity contribution in [3.8, 4) is 0 Å². The van der Waals surface area contributed by atoms with Crippen LogP contribution in [0.4, 0.5) is 0 Å². The van der Waals surface area contributed by atoms with Crippen molar-refractivity contribution in [1.82, 2.24) is 0 Å². The van der Waals surface area contributed by atoms with Gasteiger partial charge >= 0.3 is 0 Å². The van der Waals surface area contributed by atoms with E-state index in [4.69, 9.17) is 12.2 Å². The number of rotatable bonds is 8. The summed E-state index contributed by atoms with van der Waals surface area (Å²) >= 11 is 5.10. The molecule has 19 heavy (non-hydrogen) atoms. The number of thiocarbonyl (C=S) groups is 1. The number of carbonyl (C=O) groups is 1. The summed E-state index contributed by atoms with van der Waals surface area (Å²) in [6.07, 6.45) is 8.10. The average Bonchev–Trinajstić information content (AvgIpc) is 2.38. The number of aliphatic imine (C=N–C) groups is 1. The Balaban J connectivity index is 4.48. The van der Waals surface area contributed by atoms with E-state index in [0.717, 1.165) is 31.4 Å². The Morgan fingerprint density at radius 2 is 1.68 bits per heavy atom. The van der Waals surface area contributed by atoms with E-state index in [1.807, 2.05) is 6.92 Å². The van der Waals surface area contributed by atoms with Crippen LogP contribution in [0.1, 0.15) is 53.4 Å². The van der Waals surface area contributed by atoms with Crippen molar-refractivity contribution in [2.24, 2.45) is 4.99 Å². The Hall–Kier alpha value is -1.09. The average molecular weight is 279 g/mol. The van der Waals surface area contributed by atoms with E-state index >= 15 is 0 Å². The SMILES string of the molecule is C/C=C\CC/C(C)=C(\C)CCC(=NC)C(=S)C(C)=O. The molecule has 0 fully saturated rings. The van der Waals surface area contributed by atoms with Gasteiger partial charge in [0.2, 0.25) is 0 Å². The lowest BCUT2D eigenvalue weighted by molar-refractivity contribution is -0.110.